The molecule has 19 heavy (non-hydrogen) atoms. The highest BCUT2D eigenvalue weighted by Crippen LogP contribution is 2.17. The first kappa shape index (κ1) is 16.6. The molecule has 1 N–H and O–H groups in total. The Hall–Kier alpha value is -0.490. The maximum atomic E-state index is 13.7. The Morgan fingerprint density at radius 2 is 2.16 bits per heavy atom. The molecule has 1 atom stereocenters. The summed E-state index contributed by atoms with van der Waals surface area (Å²) in [6.45, 7) is 4.53. The van der Waals surface area contributed by atoms with Gasteiger partial charge in [0.1, 0.15) is 5.82 Å². The SMILES string of the molecule is CCNC(COCCOC)Cc1cc(Br)ccc1F. The Morgan fingerprint density at radius 3 is 2.84 bits per heavy atom. The second-order valence-corrected chi connectivity index (χ2v) is 5.18. The van der Waals surface area contributed by atoms with Crippen LogP contribution in [0.25, 0.3) is 0 Å². The summed E-state index contributed by atoms with van der Waals surface area (Å²) in [4.78, 5) is 0. The number of nitrogens with one attached hydrogen (secondary N) is 1. The van der Waals surface area contributed by atoms with Gasteiger partial charge in [0.25, 0.3) is 0 Å². The largest absolute Gasteiger partial charge is 0.382 e. The van der Waals surface area contributed by atoms with Crippen LogP contribution in [0.15, 0.2) is 22.7 Å². The normalized spacial score (nSPS) is 12.6. The van der Waals surface area contributed by atoms with Gasteiger partial charge in [-0.25, -0.2) is 4.39 Å². The first-order chi connectivity index (χ1) is 9.17. The molecule has 0 spiro atoms. The van der Waals surface area contributed by atoms with Crippen molar-refractivity contribution in [2.24, 2.45) is 0 Å². The summed E-state index contributed by atoms with van der Waals surface area (Å²) < 4.78 is 25.0. The van der Waals surface area contributed by atoms with Gasteiger partial charge in [0.05, 0.1) is 19.8 Å². The molecule has 1 aromatic carbocycles. The van der Waals surface area contributed by atoms with Crippen molar-refractivity contribution >= 4 is 15.9 Å². The third kappa shape index (κ3) is 6.47. The van der Waals surface area contributed by atoms with Gasteiger partial charge >= 0.3 is 0 Å². The predicted molar refractivity (Wildman–Crippen MR) is 78.0 cm³/mol. The van der Waals surface area contributed by atoms with E-state index in [9.17, 15) is 4.39 Å². The van der Waals surface area contributed by atoms with Crippen LogP contribution in [0.5, 0.6) is 0 Å². The first-order valence-corrected chi connectivity index (χ1v) is 7.20. The summed E-state index contributed by atoms with van der Waals surface area (Å²) in [5.74, 6) is -0.178. The summed E-state index contributed by atoms with van der Waals surface area (Å²) in [5.41, 5.74) is 0.690. The Morgan fingerprint density at radius 1 is 1.37 bits per heavy atom. The molecule has 0 aliphatic carbocycles. The number of halogens is 2. The van der Waals surface area contributed by atoms with E-state index in [1.807, 2.05) is 13.0 Å². The molecule has 0 aliphatic rings. The van der Waals surface area contributed by atoms with E-state index in [-0.39, 0.29) is 11.9 Å². The minimum Gasteiger partial charge on any atom is -0.382 e. The highest BCUT2D eigenvalue weighted by molar-refractivity contribution is 9.10. The fourth-order valence-electron chi connectivity index (χ4n) is 1.81. The third-order valence-corrected chi connectivity index (χ3v) is 3.21. The van der Waals surface area contributed by atoms with Crippen LogP contribution >= 0.6 is 15.9 Å². The summed E-state index contributed by atoms with van der Waals surface area (Å²) >= 11 is 3.36. The monoisotopic (exact) mass is 333 g/mol. The van der Waals surface area contributed by atoms with E-state index in [1.54, 1.807) is 13.2 Å². The van der Waals surface area contributed by atoms with Crippen molar-refractivity contribution in [2.45, 2.75) is 19.4 Å². The smallest absolute Gasteiger partial charge is 0.126 e. The lowest BCUT2D eigenvalue weighted by Crippen LogP contribution is -2.36. The molecule has 1 aromatic rings. The van der Waals surface area contributed by atoms with E-state index in [4.69, 9.17) is 9.47 Å². The van der Waals surface area contributed by atoms with E-state index < -0.39 is 0 Å². The number of benzene rings is 1. The van der Waals surface area contributed by atoms with Crippen LogP contribution < -0.4 is 5.32 Å². The maximum Gasteiger partial charge on any atom is 0.126 e. The zero-order valence-corrected chi connectivity index (χ0v) is 13.0. The lowest BCUT2D eigenvalue weighted by molar-refractivity contribution is 0.0588. The molecule has 0 bridgehead atoms. The second-order valence-electron chi connectivity index (χ2n) is 4.26. The van der Waals surface area contributed by atoms with Gasteiger partial charge in [0.2, 0.25) is 0 Å². The average Bonchev–Trinajstić information content (AvgIpc) is 2.39. The minimum atomic E-state index is -0.178. The van der Waals surface area contributed by atoms with Gasteiger partial charge < -0.3 is 14.8 Å². The van der Waals surface area contributed by atoms with Crippen molar-refractivity contribution < 1.29 is 13.9 Å². The summed E-state index contributed by atoms with van der Waals surface area (Å²) in [6, 6.07) is 5.10. The standard InChI is InChI=1S/C14H21BrFNO2/c1-3-17-13(10-19-7-6-18-2)9-11-8-12(15)4-5-14(11)16/h4-5,8,13,17H,3,6-7,9-10H2,1-2H3. The number of methoxy groups -OCH3 is 1. The highest BCUT2D eigenvalue weighted by Gasteiger charge is 2.12. The predicted octanol–water partition coefficient (Wildman–Crippen LogP) is 2.77. The fraction of sp³-hybridized carbons (Fsp3) is 0.571. The second kappa shape index (κ2) is 9.42. The molecular weight excluding hydrogens is 313 g/mol. The van der Waals surface area contributed by atoms with E-state index in [0.29, 0.717) is 31.8 Å². The van der Waals surface area contributed by atoms with Crippen molar-refractivity contribution in [3.05, 3.63) is 34.1 Å². The zero-order chi connectivity index (χ0) is 14.1. The molecule has 5 heteroatoms. The topological polar surface area (TPSA) is 30.5 Å². The van der Waals surface area contributed by atoms with Gasteiger partial charge in [0, 0.05) is 17.6 Å². The lowest BCUT2D eigenvalue weighted by Gasteiger charge is -2.18. The molecule has 0 aromatic heterocycles. The van der Waals surface area contributed by atoms with Crippen LogP contribution in [0.4, 0.5) is 4.39 Å². The number of hydrogen-bond donors (Lipinski definition) is 1. The Kier molecular flexibility index (Phi) is 8.21. The van der Waals surface area contributed by atoms with Gasteiger partial charge in [-0.1, -0.05) is 22.9 Å². The van der Waals surface area contributed by atoms with Crippen molar-refractivity contribution in [3.63, 3.8) is 0 Å². The van der Waals surface area contributed by atoms with Crippen LogP contribution in [0, 0.1) is 5.82 Å². The summed E-state index contributed by atoms with van der Waals surface area (Å²) in [7, 11) is 1.64. The molecule has 1 unspecified atom stereocenters. The molecule has 1 rings (SSSR count). The maximum absolute atomic E-state index is 13.7. The number of hydrogen-bond acceptors (Lipinski definition) is 3. The summed E-state index contributed by atoms with van der Waals surface area (Å²) in [5, 5.41) is 3.31. The van der Waals surface area contributed by atoms with E-state index in [1.165, 1.54) is 6.07 Å². The molecule has 0 fully saturated rings. The molecule has 0 aliphatic heterocycles. The van der Waals surface area contributed by atoms with E-state index >= 15 is 0 Å². The molecule has 0 saturated carbocycles. The van der Waals surface area contributed by atoms with Crippen LogP contribution in [0.1, 0.15) is 12.5 Å². The third-order valence-electron chi connectivity index (χ3n) is 2.72. The number of rotatable bonds is 9. The van der Waals surface area contributed by atoms with Gasteiger partial charge in [-0.05, 0) is 36.7 Å². The molecule has 0 saturated heterocycles. The van der Waals surface area contributed by atoms with E-state index in [0.717, 1.165) is 11.0 Å². The van der Waals surface area contributed by atoms with Crippen molar-refractivity contribution in [2.75, 3.05) is 33.5 Å². The van der Waals surface area contributed by atoms with Crippen molar-refractivity contribution in [1.29, 1.82) is 0 Å². The fourth-order valence-corrected chi connectivity index (χ4v) is 2.22. The minimum absolute atomic E-state index is 0.102. The Labute approximate surface area is 122 Å². The van der Waals surface area contributed by atoms with Gasteiger partial charge in [-0.15, -0.1) is 0 Å². The molecule has 0 radical (unpaired) electrons. The average molecular weight is 334 g/mol. The summed E-state index contributed by atoms with van der Waals surface area (Å²) in [6.07, 6.45) is 0.603. The van der Waals surface area contributed by atoms with Crippen LogP contribution in [0.3, 0.4) is 0 Å². The molecule has 108 valence electrons. The first-order valence-electron chi connectivity index (χ1n) is 6.41. The Bertz CT molecular complexity index is 376. The highest BCUT2D eigenvalue weighted by atomic mass is 79.9. The van der Waals surface area contributed by atoms with Gasteiger partial charge in [-0.2, -0.15) is 0 Å². The van der Waals surface area contributed by atoms with Gasteiger partial charge in [-0.3, -0.25) is 0 Å². The zero-order valence-electron chi connectivity index (χ0n) is 11.4. The van der Waals surface area contributed by atoms with Gasteiger partial charge in [0.15, 0.2) is 0 Å². The van der Waals surface area contributed by atoms with E-state index in [2.05, 4.69) is 21.2 Å². The molecule has 3 nitrogen and oxygen atoms in total. The quantitative estimate of drug-likeness (QED) is 0.705. The lowest BCUT2D eigenvalue weighted by atomic mass is 10.1. The molecular formula is C14H21BrFNO2. The number of likely N-dealkylation sites (N-methyl/N-ethyl adjacent to an activating group) is 1. The molecule has 0 amide bonds. The van der Waals surface area contributed by atoms with Crippen molar-refractivity contribution in [1.82, 2.24) is 5.32 Å². The van der Waals surface area contributed by atoms with Crippen LogP contribution in [-0.4, -0.2) is 39.5 Å². The Balaban J connectivity index is 2.54. The van der Waals surface area contributed by atoms with Crippen molar-refractivity contribution in [3.8, 4) is 0 Å². The molecule has 0 heterocycles. The van der Waals surface area contributed by atoms with Crippen LogP contribution in [-0.2, 0) is 15.9 Å². The number of ether oxygens (including phenoxy) is 2. The van der Waals surface area contributed by atoms with Crippen LogP contribution in [0.2, 0.25) is 0 Å².